The minimum Gasteiger partial charge on any atom is -0.368 e. The van der Waals surface area contributed by atoms with Crippen LogP contribution < -0.4 is 4.90 Å². The lowest BCUT2D eigenvalue weighted by molar-refractivity contribution is 0.0734. The number of hydrogen-bond acceptors (Lipinski definition) is 5. The molecule has 1 amide bonds. The van der Waals surface area contributed by atoms with E-state index in [2.05, 4.69) is 20.0 Å². The van der Waals surface area contributed by atoms with Crippen molar-refractivity contribution >= 4 is 17.4 Å². The number of carbonyl (C=O) groups is 1. The first-order chi connectivity index (χ1) is 12.5. The summed E-state index contributed by atoms with van der Waals surface area (Å²) in [7, 11) is 0. The fourth-order valence-corrected chi connectivity index (χ4v) is 3.22. The topological polar surface area (TPSA) is 66.6 Å². The normalized spacial score (nSPS) is 14.9. The molecule has 1 aliphatic heterocycles. The SMILES string of the molecule is Cc1cc(C)n2nc(C(=O)N3CCN(c4ccc(F)cc4)CC3)nc2n1. The summed E-state index contributed by atoms with van der Waals surface area (Å²) in [6.45, 7) is 6.29. The molecule has 26 heavy (non-hydrogen) atoms. The van der Waals surface area contributed by atoms with E-state index in [1.54, 1.807) is 21.5 Å². The maximum absolute atomic E-state index is 13.1. The highest BCUT2D eigenvalue weighted by atomic mass is 19.1. The molecule has 0 unspecified atom stereocenters. The van der Waals surface area contributed by atoms with Gasteiger partial charge in [-0.25, -0.2) is 13.9 Å². The van der Waals surface area contributed by atoms with Crippen LogP contribution in [0.5, 0.6) is 0 Å². The number of halogens is 1. The van der Waals surface area contributed by atoms with Crippen molar-refractivity contribution in [3.05, 3.63) is 53.4 Å². The molecule has 0 saturated carbocycles. The number of piperazine rings is 1. The van der Waals surface area contributed by atoms with Gasteiger partial charge in [0.2, 0.25) is 5.82 Å². The van der Waals surface area contributed by atoms with Crippen LogP contribution in [0, 0.1) is 19.7 Å². The average molecular weight is 354 g/mol. The van der Waals surface area contributed by atoms with Gasteiger partial charge in [-0.3, -0.25) is 4.79 Å². The van der Waals surface area contributed by atoms with Crippen LogP contribution in [-0.2, 0) is 0 Å². The largest absolute Gasteiger partial charge is 0.368 e. The molecule has 8 heteroatoms. The molecule has 0 N–H and O–H groups in total. The van der Waals surface area contributed by atoms with Crippen molar-refractivity contribution < 1.29 is 9.18 Å². The highest BCUT2D eigenvalue weighted by molar-refractivity contribution is 5.91. The number of aryl methyl sites for hydroxylation is 2. The molecule has 1 aliphatic rings. The van der Waals surface area contributed by atoms with Gasteiger partial charge in [-0.2, -0.15) is 4.98 Å². The molecule has 3 heterocycles. The number of benzene rings is 1. The second-order valence-corrected chi connectivity index (χ2v) is 6.44. The van der Waals surface area contributed by atoms with Crippen molar-refractivity contribution in [3.8, 4) is 0 Å². The summed E-state index contributed by atoms with van der Waals surface area (Å²) in [4.78, 5) is 25.2. The zero-order valence-electron chi connectivity index (χ0n) is 14.7. The van der Waals surface area contributed by atoms with E-state index in [1.165, 1.54) is 12.1 Å². The Bertz CT molecular complexity index is 960. The quantitative estimate of drug-likeness (QED) is 0.703. The van der Waals surface area contributed by atoms with Gasteiger partial charge in [-0.1, -0.05) is 0 Å². The Kier molecular flexibility index (Phi) is 4.02. The number of aromatic nitrogens is 4. The molecule has 0 spiro atoms. The van der Waals surface area contributed by atoms with E-state index in [-0.39, 0.29) is 17.5 Å². The van der Waals surface area contributed by atoms with Crippen molar-refractivity contribution in [3.63, 3.8) is 0 Å². The first kappa shape index (κ1) is 16.4. The average Bonchev–Trinajstić information content (AvgIpc) is 3.06. The van der Waals surface area contributed by atoms with Crippen LogP contribution in [0.4, 0.5) is 10.1 Å². The number of rotatable bonds is 2. The Hall–Kier alpha value is -3.03. The molecule has 2 aromatic heterocycles. The van der Waals surface area contributed by atoms with Crippen LogP contribution in [-0.4, -0.2) is 56.6 Å². The van der Waals surface area contributed by atoms with E-state index in [0.29, 0.717) is 32.0 Å². The molecule has 1 saturated heterocycles. The smallest absolute Gasteiger partial charge is 0.293 e. The molecule has 0 atom stereocenters. The van der Waals surface area contributed by atoms with Gasteiger partial charge in [0.05, 0.1) is 0 Å². The minimum absolute atomic E-state index is 0.168. The van der Waals surface area contributed by atoms with Crippen molar-refractivity contribution in [2.45, 2.75) is 13.8 Å². The Morgan fingerprint density at radius 2 is 1.73 bits per heavy atom. The molecule has 1 fully saturated rings. The molecule has 0 aliphatic carbocycles. The molecule has 0 radical (unpaired) electrons. The van der Waals surface area contributed by atoms with E-state index >= 15 is 0 Å². The van der Waals surface area contributed by atoms with E-state index in [9.17, 15) is 9.18 Å². The van der Waals surface area contributed by atoms with Crippen molar-refractivity contribution in [2.75, 3.05) is 31.1 Å². The minimum atomic E-state index is -0.250. The number of amides is 1. The second kappa shape index (κ2) is 6.36. The Morgan fingerprint density at radius 3 is 2.42 bits per heavy atom. The lowest BCUT2D eigenvalue weighted by atomic mass is 10.2. The number of fused-ring (bicyclic) bond motifs is 1. The van der Waals surface area contributed by atoms with Gasteiger partial charge in [0.1, 0.15) is 5.82 Å². The van der Waals surface area contributed by atoms with Crippen molar-refractivity contribution in [1.82, 2.24) is 24.5 Å². The monoisotopic (exact) mass is 354 g/mol. The number of hydrogen-bond donors (Lipinski definition) is 0. The summed E-state index contributed by atoms with van der Waals surface area (Å²) in [6, 6.07) is 8.31. The predicted octanol–water partition coefficient (Wildman–Crippen LogP) is 1.84. The third-order valence-corrected chi connectivity index (χ3v) is 4.57. The summed E-state index contributed by atoms with van der Waals surface area (Å²) in [6.07, 6.45) is 0. The van der Waals surface area contributed by atoms with Gasteiger partial charge in [-0.05, 0) is 44.2 Å². The van der Waals surface area contributed by atoms with Crippen LogP contribution in [0.25, 0.3) is 5.78 Å². The number of carbonyl (C=O) groups excluding carboxylic acids is 1. The lowest BCUT2D eigenvalue weighted by Gasteiger charge is -2.35. The van der Waals surface area contributed by atoms with E-state index in [4.69, 9.17) is 0 Å². The van der Waals surface area contributed by atoms with Crippen molar-refractivity contribution in [1.29, 1.82) is 0 Å². The highest BCUT2D eigenvalue weighted by Gasteiger charge is 2.25. The molecule has 0 bridgehead atoms. The zero-order chi connectivity index (χ0) is 18.3. The number of nitrogens with zero attached hydrogens (tertiary/aromatic N) is 6. The highest BCUT2D eigenvalue weighted by Crippen LogP contribution is 2.17. The van der Waals surface area contributed by atoms with Gasteiger partial charge in [0.15, 0.2) is 0 Å². The Balaban J connectivity index is 1.48. The molecule has 3 aromatic rings. The molecule has 7 nitrogen and oxygen atoms in total. The van der Waals surface area contributed by atoms with Crippen molar-refractivity contribution in [2.24, 2.45) is 0 Å². The van der Waals surface area contributed by atoms with Crippen LogP contribution in [0.3, 0.4) is 0 Å². The summed E-state index contributed by atoms with van der Waals surface area (Å²) in [5, 5.41) is 4.31. The summed E-state index contributed by atoms with van der Waals surface area (Å²) < 4.78 is 14.7. The van der Waals surface area contributed by atoms with Gasteiger partial charge in [-0.15, -0.1) is 5.10 Å². The molecule has 134 valence electrons. The molecule has 4 rings (SSSR count). The zero-order valence-corrected chi connectivity index (χ0v) is 14.7. The third-order valence-electron chi connectivity index (χ3n) is 4.57. The summed E-state index contributed by atoms with van der Waals surface area (Å²) >= 11 is 0. The van der Waals surface area contributed by atoms with Gasteiger partial charge in [0.25, 0.3) is 11.7 Å². The van der Waals surface area contributed by atoms with Gasteiger partial charge in [0, 0.05) is 43.3 Å². The van der Waals surface area contributed by atoms with E-state index < -0.39 is 0 Å². The summed E-state index contributed by atoms with van der Waals surface area (Å²) in [5.74, 6) is 0.170. The molecular formula is C18H19FN6O. The van der Waals surface area contributed by atoms with Gasteiger partial charge >= 0.3 is 0 Å². The van der Waals surface area contributed by atoms with E-state index in [1.807, 2.05) is 19.9 Å². The first-order valence-corrected chi connectivity index (χ1v) is 8.52. The van der Waals surface area contributed by atoms with Gasteiger partial charge < -0.3 is 9.80 Å². The van der Waals surface area contributed by atoms with Crippen LogP contribution in [0.15, 0.2) is 30.3 Å². The van der Waals surface area contributed by atoms with Crippen LogP contribution in [0.1, 0.15) is 22.0 Å². The number of anilines is 1. The third kappa shape index (κ3) is 2.98. The Labute approximate surface area is 150 Å². The fraction of sp³-hybridized carbons (Fsp3) is 0.333. The molecule has 1 aromatic carbocycles. The standard InChI is InChI=1S/C18H19FN6O/c1-12-11-13(2)25-18(20-12)21-16(22-25)17(26)24-9-7-23(8-10-24)15-5-3-14(19)4-6-15/h3-6,11H,7-10H2,1-2H3. The molecular weight excluding hydrogens is 335 g/mol. The summed E-state index contributed by atoms with van der Waals surface area (Å²) in [5.41, 5.74) is 2.69. The first-order valence-electron chi connectivity index (χ1n) is 8.52. The second-order valence-electron chi connectivity index (χ2n) is 6.44. The van der Waals surface area contributed by atoms with Crippen LogP contribution >= 0.6 is 0 Å². The maximum Gasteiger partial charge on any atom is 0.293 e. The maximum atomic E-state index is 13.1. The van der Waals surface area contributed by atoms with E-state index in [0.717, 1.165) is 17.1 Å². The fourth-order valence-electron chi connectivity index (χ4n) is 3.22. The van der Waals surface area contributed by atoms with Crippen LogP contribution in [0.2, 0.25) is 0 Å². The Morgan fingerprint density at radius 1 is 1.04 bits per heavy atom. The predicted molar refractivity (Wildman–Crippen MR) is 94.8 cm³/mol. The lowest BCUT2D eigenvalue weighted by Crippen LogP contribution is -2.49.